The van der Waals surface area contributed by atoms with Gasteiger partial charge in [-0.1, -0.05) is 29.4 Å². The minimum Gasteiger partial charge on any atom is -0.399 e. The Kier molecular flexibility index (Phi) is 2.95. The van der Waals surface area contributed by atoms with Crippen molar-refractivity contribution in [1.29, 1.82) is 0 Å². The topological polar surface area (TPSA) is 57.4 Å². The van der Waals surface area contributed by atoms with Gasteiger partial charge in [0.15, 0.2) is 0 Å². The minimum absolute atomic E-state index is 0.344. The molecule has 104 valence electrons. The summed E-state index contributed by atoms with van der Waals surface area (Å²) in [6, 6.07) is 7.87. The highest BCUT2D eigenvalue weighted by molar-refractivity contribution is 6.62. The molecular formula is C14H17BN2O3. The van der Waals surface area contributed by atoms with Crippen LogP contribution in [0, 0.1) is 0 Å². The van der Waals surface area contributed by atoms with Crippen LogP contribution < -0.4 is 5.46 Å². The van der Waals surface area contributed by atoms with Gasteiger partial charge in [-0.2, -0.15) is 0 Å². The Bertz CT molecular complexity index is 595. The molecule has 0 bridgehead atoms. The van der Waals surface area contributed by atoms with Gasteiger partial charge in [-0.25, -0.2) is 4.63 Å². The summed E-state index contributed by atoms with van der Waals surface area (Å²) in [5, 5.41) is 7.47. The van der Waals surface area contributed by atoms with Gasteiger partial charge in [-0.15, -0.1) is 0 Å². The number of aromatic nitrogens is 2. The van der Waals surface area contributed by atoms with Crippen LogP contribution in [0.25, 0.3) is 11.3 Å². The SMILES string of the molecule is CC1(C)OB(c2cccc(-c3cnon3)c2)OC1(C)C. The molecule has 0 saturated carbocycles. The highest BCUT2D eigenvalue weighted by Crippen LogP contribution is 2.36. The van der Waals surface area contributed by atoms with Gasteiger partial charge in [0.25, 0.3) is 0 Å². The second-order valence-corrected chi connectivity index (χ2v) is 6.01. The lowest BCUT2D eigenvalue weighted by molar-refractivity contribution is 0.00578. The maximum atomic E-state index is 6.04. The van der Waals surface area contributed by atoms with E-state index in [1.54, 1.807) is 6.20 Å². The van der Waals surface area contributed by atoms with Gasteiger partial charge in [0.2, 0.25) is 0 Å². The van der Waals surface area contributed by atoms with E-state index in [1.807, 2.05) is 52.0 Å². The zero-order chi connectivity index (χ0) is 14.4. The van der Waals surface area contributed by atoms with Crippen LogP contribution in [0.2, 0.25) is 0 Å². The average molecular weight is 272 g/mol. The summed E-state index contributed by atoms with van der Waals surface area (Å²) < 4.78 is 16.7. The summed E-state index contributed by atoms with van der Waals surface area (Å²) in [7, 11) is -0.375. The lowest BCUT2D eigenvalue weighted by atomic mass is 9.78. The fraction of sp³-hybridized carbons (Fsp3) is 0.429. The molecule has 1 aromatic heterocycles. The van der Waals surface area contributed by atoms with Crippen LogP contribution >= 0.6 is 0 Å². The first-order chi connectivity index (χ1) is 9.39. The molecular weight excluding hydrogens is 255 g/mol. The molecule has 0 radical (unpaired) electrons. The quantitative estimate of drug-likeness (QED) is 0.783. The summed E-state index contributed by atoms with van der Waals surface area (Å²) >= 11 is 0. The molecule has 20 heavy (non-hydrogen) atoms. The molecule has 1 aromatic carbocycles. The second kappa shape index (κ2) is 4.43. The number of rotatable bonds is 2. The minimum atomic E-state index is -0.375. The summed E-state index contributed by atoms with van der Waals surface area (Å²) in [5.74, 6) is 0. The Labute approximate surface area is 118 Å². The predicted molar refractivity (Wildman–Crippen MR) is 75.5 cm³/mol. The molecule has 2 aromatic rings. The van der Waals surface area contributed by atoms with Crippen molar-refractivity contribution >= 4 is 12.6 Å². The normalized spacial score (nSPS) is 20.3. The standard InChI is InChI=1S/C14H17BN2O3/c1-13(2)14(3,4)19-15(18-13)11-7-5-6-10(8-11)12-9-16-20-17-12/h5-9H,1-4H3. The molecule has 5 nitrogen and oxygen atoms in total. The molecule has 0 amide bonds. The molecule has 6 heteroatoms. The lowest BCUT2D eigenvalue weighted by Gasteiger charge is -2.32. The van der Waals surface area contributed by atoms with Gasteiger partial charge in [-0.05, 0) is 38.3 Å². The van der Waals surface area contributed by atoms with E-state index in [1.165, 1.54) is 0 Å². The Hall–Kier alpha value is -1.66. The average Bonchev–Trinajstić information content (AvgIpc) is 2.97. The highest BCUT2D eigenvalue weighted by atomic mass is 16.7. The van der Waals surface area contributed by atoms with E-state index in [2.05, 4.69) is 14.9 Å². The predicted octanol–water partition coefficient (Wildman–Crippen LogP) is 2.04. The van der Waals surface area contributed by atoms with E-state index < -0.39 is 0 Å². The molecule has 1 aliphatic heterocycles. The van der Waals surface area contributed by atoms with E-state index in [0.29, 0.717) is 5.69 Å². The van der Waals surface area contributed by atoms with Crippen molar-refractivity contribution in [2.45, 2.75) is 38.9 Å². The first-order valence-electron chi connectivity index (χ1n) is 6.63. The summed E-state index contributed by atoms with van der Waals surface area (Å²) in [4.78, 5) is 0. The zero-order valence-corrected chi connectivity index (χ0v) is 12.1. The third-order valence-corrected chi connectivity index (χ3v) is 4.07. The van der Waals surface area contributed by atoms with Crippen LogP contribution in [0.1, 0.15) is 27.7 Å². The number of hydrogen-bond donors (Lipinski definition) is 0. The fourth-order valence-electron chi connectivity index (χ4n) is 2.12. The fourth-order valence-corrected chi connectivity index (χ4v) is 2.12. The van der Waals surface area contributed by atoms with Crippen molar-refractivity contribution in [3.05, 3.63) is 30.5 Å². The Morgan fingerprint density at radius 1 is 1.05 bits per heavy atom. The highest BCUT2D eigenvalue weighted by Gasteiger charge is 2.51. The molecule has 2 heterocycles. The van der Waals surface area contributed by atoms with E-state index in [9.17, 15) is 0 Å². The van der Waals surface area contributed by atoms with Crippen LogP contribution in [0.4, 0.5) is 0 Å². The van der Waals surface area contributed by atoms with Crippen molar-refractivity contribution in [3.63, 3.8) is 0 Å². The van der Waals surface area contributed by atoms with Crippen LogP contribution in [-0.4, -0.2) is 28.6 Å². The second-order valence-electron chi connectivity index (χ2n) is 6.01. The first-order valence-corrected chi connectivity index (χ1v) is 6.63. The number of benzene rings is 1. The van der Waals surface area contributed by atoms with E-state index in [4.69, 9.17) is 9.31 Å². The third-order valence-electron chi connectivity index (χ3n) is 4.07. The molecule has 0 spiro atoms. The van der Waals surface area contributed by atoms with Crippen molar-refractivity contribution in [2.75, 3.05) is 0 Å². The van der Waals surface area contributed by atoms with Gasteiger partial charge in [0.1, 0.15) is 5.69 Å². The van der Waals surface area contributed by atoms with Crippen LogP contribution in [0.15, 0.2) is 35.1 Å². The Morgan fingerprint density at radius 2 is 1.75 bits per heavy atom. The zero-order valence-electron chi connectivity index (χ0n) is 12.1. The van der Waals surface area contributed by atoms with Gasteiger partial charge in [-0.3, -0.25) is 0 Å². The number of hydrogen-bond acceptors (Lipinski definition) is 5. The molecule has 1 fully saturated rings. The maximum absolute atomic E-state index is 6.04. The third kappa shape index (κ3) is 2.15. The molecule has 3 rings (SSSR count). The van der Waals surface area contributed by atoms with Gasteiger partial charge in [0.05, 0.1) is 17.4 Å². The first kappa shape index (κ1) is 13.3. The van der Waals surface area contributed by atoms with Crippen LogP contribution in [0.3, 0.4) is 0 Å². The monoisotopic (exact) mass is 272 g/mol. The largest absolute Gasteiger partial charge is 0.494 e. The van der Waals surface area contributed by atoms with Crippen molar-refractivity contribution in [3.8, 4) is 11.3 Å². The molecule has 1 aliphatic rings. The summed E-state index contributed by atoms with van der Waals surface area (Å²) in [6.45, 7) is 8.16. The molecule has 0 N–H and O–H groups in total. The van der Waals surface area contributed by atoms with Crippen LogP contribution in [0.5, 0.6) is 0 Å². The van der Waals surface area contributed by atoms with Crippen molar-refractivity contribution in [1.82, 2.24) is 10.3 Å². The molecule has 0 aliphatic carbocycles. The smallest absolute Gasteiger partial charge is 0.399 e. The maximum Gasteiger partial charge on any atom is 0.494 e. The van der Waals surface area contributed by atoms with Crippen molar-refractivity contribution < 1.29 is 13.9 Å². The summed E-state index contributed by atoms with van der Waals surface area (Å²) in [5.41, 5.74) is 1.90. The van der Waals surface area contributed by atoms with Gasteiger partial charge in [0, 0.05) is 5.56 Å². The molecule has 0 atom stereocenters. The van der Waals surface area contributed by atoms with Gasteiger partial charge >= 0.3 is 7.12 Å². The van der Waals surface area contributed by atoms with E-state index in [0.717, 1.165) is 11.0 Å². The van der Waals surface area contributed by atoms with Crippen LogP contribution in [-0.2, 0) is 9.31 Å². The van der Waals surface area contributed by atoms with E-state index in [-0.39, 0.29) is 18.3 Å². The summed E-state index contributed by atoms with van der Waals surface area (Å²) in [6.07, 6.45) is 1.59. The molecule has 1 saturated heterocycles. The molecule has 0 unspecified atom stereocenters. The Morgan fingerprint density at radius 3 is 2.35 bits per heavy atom. The van der Waals surface area contributed by atoms with Gasteiger partial charge < -0.3 is 9.31 Å². The van der Waals surface area contributed by atoms with Crippen molar-refractivity contribution in [2.24, 2.45) is 0 Å². The Balaban J connectivity index is 1.91. The number of nitrogens with zero attached hydrogens (tertiary/aromatic N) is 2. The van der Waals surface area contributed by atoms with E-state index >= 15 is 0 Å². The lowest BCUT2D eigenvalue weighted by Crippen LogP contribution is -2.41.